The fraction of sp³-hybridized carbons (Fsp3) is 0.235. The molecule has 0 amide bonds. The average Bonchev–Trinajstić information content (AvgIpc) is 2.62. The van der Waals surface area contributed by atoms with Crippen LogP contribution in [-0.2, 0) is 4.79 Å². The number of carbonyl (C=O) groups is 1. The number of ether oxygens (including phenoxy) is 2. The summed E-state index contributed by atoms with van der Waals surface area (Å²) in [5, 5.41) is 39.2. The Balaban J connectivity index is 2.21. The lowest BCUT2D eigenvalue weighted by Crippen LogP contribution is -2.19. The highest BCUT2D eigenvalue weighted by atomic mass is 16.6. The van der Waals surface area contributed by atoms with Crippen LogP contribution in [0.15, 0.2) is 36.4 Å². The van der Waals surface area contributed by atoms with Gasteiger partial charge in [0.15, 0.2) is 29.1 Å². The molecular formula is C17H19NO7. The molecule has 2 aromatic rings. The van der Waals surface area contributed by atoms with Gasteiger partial charge in [0.2, 0.25) is 0 Å². The van der Waals surface area contributed by atoms with Crippen molar-refractivity contribution < 1.29 is 34.7 Å². The molecule has 0 radical (unpaired) electrons. The molecule has 0 fully saturated rings. The van der Waals surface area contributed by atoms with E-state index in [1.165, 1.54) is 43.5 Å². The van der Waals surface area contributed by atoms with Gasteiger partial charge in [0.25, 0.3) is 0 Å². The first kappa shape index (κ1) is 18.5. The first-order valence-electron chi connectivity index (χ1n) is 7.35. The maximum atomic E-state index is 12.1. The number of hydrogen-bond acceptors (Lipinski definition) is 8. The number of hydrogen-bond donors (Lipinski definition) is 5. The molecule has 2 atom stereocenters. The number of carbonyl (C=O) groups excluding carboxylic acids is 1. The third kappa shape index (κ3) is 4.18. The van der Waals surface area contributed by atoms with E-state index < -0.39 is 18.2 Å². The number of rotatable bonds is 6. The fourth-order valence-electron chi connectivity index (χ4n) is 2.12. The SMILES string of the molecule is COc1cc(C(O)C(=O)Oc2cc(C(O)CN)ccc2O)ccc1O. The molecule has 0 aliphatic rings. The highest BCUT2D eigenvalue weighted by molar-refractivity contribution is 5.79. The van der Waals surface area contributed by atoms with Crippen molar-refractivity contribution in [2.45, 2.75) is 12.2 Å². The highest BCUT2D eigenvalue weighted by Gasteiger charge is 2.23. The summed E-state index contributed by atoms with van der Waals surface area (Å²) in [5.74, 6) is -1.67. The minimum atomic E-state index is -1.67. The van der Waals surface area contributed by atoms with Crippen molar-refractivity contribution in [3.63, 3.8) is 0 Å². The number of esters is 1. The summed E-state index contributed by atoms with van der Waals surface area (Å²) in [6.45, 7) is -0.0475. The van der Waals surface area contributed by atoms with Gasteiger partial charge >= 0.3 is 5.97 Å². The van der Waals surface area contributed by atoms with Gasteiger partial charge in [-0.25, -0.2) is 4.79 Å². The Morgan fingerprint density at radius 2 is 1.60 bits per heavy atom. The Labute approximate surface area is 143 Å². The second-order valence-electron chi connectivity index (χ2n) is 5.23. The molecule has 25 heavy (non-hydrogen) atoms. The third-order valence-corrected chi connectivity index (χ3v) is 3.55. The first-order chi connectivity index (χ1) is 11.9. The quantitative estimate of drug-likeness (QED) is 0.379. The van der Waals surface area contributed by atoms with Crippen LogP contribution in [-0.4, -0.2) is 40.0 Å². The van der Waals surface area contributed by atoms with Gasteiger partial charge in [-0.15, -0.1) is 0 Å². The number of phenolic OH excluding ortho intramolecular Hbond substituents is 2. The summed E-state index contributed by atoms with van der Waals surface area (Å²) in [7, 11) is 1.33. The van der Waals surface area contributed by atoms with Gasteiger partial charge < -0.3 is 35.6 Å². The highest BCUT2D eigenvalue weighted by Crippen LogP contribution is 2.32. The molecule has 6 N–H and O–H groups in total. The molecule has 0 spiro atoms. The Kier molecular flexibility index (Phi) is 5.81. The van der Waals surface area contributed by atoms with Crippen LogP contribution in [0.3, 0.4) is 0 Å². The van der Waals surface area contributed by atoms with Gasteiger partial charge in [0.05, 0.1) is 13.2 Å². The van der Waals surface area contributed by atoms with Gasteiger partial charge in [0, 0.05) is 6.54 Å². The molecule has 0 aliphatic heterocycles. The summed E-state index contributed by atoms with van der Waals surface area (Å²) in [4.78, 5) is 12.1. The number of aromatic hydroxyl groups is 2. The summed E-state index contributed by atoms with van der Waals surface area (Å²) >= 11 is 0. The normalized spacial score (nSPS) is 13.1. The van der Waals surface area contributed by atoms with Crippen molar-refractivity contribution in [3.05, 3.63) is 47.5 Å². The molecule has 2 rings (SSSR count). The first-order valence-corrected chi connectivity index (χ1v) is 7.35. The summed E-state index contributed by atoms with van der Waals surface area (Å²) in [5.41, 5.74) is 5.85. The summed E-state index contributed by atoms with van der Waals surface area (Å²) in [6, 6.07) is 7.82. The maximum Gasteiger partial charge on any atom is 0.345 e. The second kappa shape index (κ2) is 7.84. The molecule has 0 saturated carbocycles. The van der Waals surface area contributed by atoms with Gasteiger partial charge in [-0.3, -0.25) is 0 Å². The molecule has 0 saturated heterocycles. The fourth-order valence-corrected chi connectivity index (χ4v) is 2.12. The van der Waals surface area contributed by atoms with Crippen molar-refractivity contribution in [3.8, 4) is 23.0 Å². The monoisotopic (exact) mass is 349 g/mol. The number of aliphatic hydroxyl groups is 2. The van der Waals surface area contributed by atoms with Crippen LogP contribution in [0, 0.1) is 0 Å². The zero-order valence-electron chi connectivity index (χ0n) is 13.4. The van der Waals surface area contributed by atoms with Gasteiger partial charge in [-0.2, -0.15) is 0 Å². The van der Waals surface area contributed by atoms with E-state index >= 15 is 0 Å². The summed E-state index contributed by atoms with van der Waals surface area (Å²) < 4.78 is 9.92. The number of benzene rings is 2. The smallest absolute Gasteiger partial charge is 0.345 e. The van der Waals surface area contributed by atoms with Crippen molar-refractivity contribution in [1.29, 1.82) is 0 Å². The van der Waals surface area contributed by atoms with Crippen LogP contribution in [0.2, 0.25) is 0 Å². The minimum absolute atomic E-state index is 0.0475. The van der Waals surface area contributed by atoms with Crippen molar-refractivity contribution in [1.82, 2.24) is 0 Å². The van der Waals surface area contributed by atoms with E-state index in [9.17, 15) is 25.2 Å². The van der Waals surface area contributed by atoms with Crippen LogP contribution in [0.1, 0.15) is 23.3 Å². The topological polar surface area (TPSA) is 142 Å². The number of methoxy groups -OCH3 is 1. The Hall–Kier alpha value is -2.81. The predicted molar refractivity (Wildman–Crippen MR) is 87.4 cm³/mol. The van der Waals surface area contributed by atoms with E-state index in [1.807, 2.05) is 0 Å². The molecule has 0 heterocycles. The van der Waals surface area contributed by atoms with E-state index in [2.05, 4.69) is 0 Å². The van der Waals surface area contributed by atoms with E-state index in [0.29, 0.717) is 5.56 Å². The largest absolute Gasteiger partial charge is 0.504 e. The van der Waals surface area contributed by atoms with Crippen molar-refractivity contribution in [2.75, 3.05) is 13.7 Å². The molecule has 8 nitrogen and oxygen atoms in total. The number of phenols is 2. The van der Waals surface area contributed by atoms with Gasteiger partial charge in [-0.1, -0.05) is 12.1 Å². The second-order valence-corrected chi connectivity index (χ2v) is 5.23. The lowest BCUT2D eigenvalue weighted by Gasteiger charge is -2.15. The minimum Gasteiger partial charge on any atom is -0.504 e. The lowest BCUT2D eigenvalue weighted by molar-refractivity contribution is -0.144. The maximum absolute atomic E-state index is 12.1. The average molecular weight is 349 g/mol. The van der Waals surface area contributed by atoms with Crippen molar-refractivity contribution in [2.24, 2.45) is 5.73 Å². The van der Waals surface area contributed by atoms with Gasteiger partial charge in [-0.05, 0) is 35.4 Å². The molecule has 0 aromatic heterocycles. The number of nitrogens with two attached hydrogens (primary N) is 1. The Morgan fingerprint density at radius 1 is 1.04 bits per heavy atom. The van der Waals surface area contributed by atoms with Crippen LogP contribution in [0.4, 0.5) is 0 Å². The van der Waals surface area contributed by atoms with E-state index in [-0.39, 0.29) is 35.1 Å². The molecule has 2 unspecified atom stereocenters. The molecular weight excluding hydrogens is 330 g/mol. The van der Waals surface area contributed by atoms with Crippen LogP contribution < -0.4 is 15.2 Å². The number of aliphatic hydroxyl groups excluding tert-OH is 2. The van der Waals surface area contributed by atoms with Crippen LogP contribution in [0.25, 0.3) is 0 Å². The van der Waals surface area contributed by atoms with Gasteiger partial charge in [0.1, 0.15) is 0 Å². The van der Waals surface area contributed by atoms with E-state index in [0.717, 1.165) is 0 Å². The van der Waals surface area contributed by atoms with E-state index in [1.54, 1.807) is 0 Å². The molecule has 134 valence electrons. The molecule has 2 aromatic carbocycles. The molecule has 8 heteroatoms. The zero-order chi connectivity index (χ0) is 18.6. The Morgan fingerprint density at radius 3 is 2.20 bits per heavy atom. The standard InChI is InChI=1S/C17H19NO7/c1-24-14-7-10(3-5-11(14)19)16(22)17(23)25-15-6-9(13(21)8-18)2-4-12(15)20/h2-7,13,16,19-22H,8,18H2,1H3. The lowest BCUT2D eigenvalue weighted by atomic mass is 10.1. The van der Waals surface area contributed by atoms with Crippen molar-refractivity contribution >= 4 is 5.97 Å². The van der Waals surface area contributed by atoms with Crippen LogP contribution >= 0.6 is 0 Å². The third-order valence-electron chi connectivity index (χ3n) is 3.55. The zero-order valence-corrected chi connectivity index (χ0v) is 13.4. The molecule has 0 aliphatic carbocycles. The molecule has 0 bridgehead atoms. The summed E-state index contributed by atoms with van der Waals surface area (Å²) in [6.07, 6.45) is -2.65. The van der Waals surface area contributed by atoms with E-state index in [4.69, 9.17) is 15.2 Å². The van der Waals surface area contributed by atoms with Crippen LogP contribution in [0.5, 0.6) is 23.0 Å². The Bertz CT molecular complexity index is 763. The predicted octanol–water partition coefficient (Wildman–Crippen LogP) is 0.737.